The van der Waals surface area contributed by atoms with Gasteiger partial charge in [-0.25, -0.2) is 0 Å². The number of hydrogen-bond donors (Lipinski definition) is 1. The predicted octanol–water partition coefficient (Wildman–Crippen LogP) is 3.38. The third-order valence-corrected chi connectivity index (χ3v) is 6.41. The molecule has 148 valence electrons. The molecule has 0 aromatic heterocycles. The summed E-state index contributed by atoms with van der Waals surface area (Å²) in [6, 6.07) is 17.0. The van der Waals surface area contributed by atoms with Crippen molar-refractivity contribution in [2.45, 2.75) is 64.6 Å². The first-order valence-electron chi connectivity index (χ1n) is 10.5. The lowest BCUT2D eigenvalue weighted by molar-refractivity contribution is 0.0580. The molecule has 0 saturated carbocycles. The summed E-state index contributed by atoms with van der Waals surface area (Å²) in [5, 5.41) is 3.41. The van der Waals surface area contributed by atoms with E-state index in [0.29, 0.717) is 6.04 Å². The second-order valence-corrected chi connectivity index (χ2v) is 8.64. The van der Waals surface area contributed by atoms with Crippen molar-refractivity contribution in [1.82, 2.24) is 10.2 Å². The van der Waals surface area contributed by atoms with Crippen LogP contribution in [0.1, 0.15) is 67.6 Å². The summed E-state index contributed by atoms with van der Waals surface area (Å²) in [4.78, 5) is 16.0. The normalized spacial score (nSPS) is 18.8. The number of nitrogens with one attached hydrogen (secondary N) is 1. The molecule has 2 atom stereocenters. The fourth-order valence-electron chi connectivity index (χ4n) is 4.87. The molecule has 3 nitrogen and oxygen atoms in total. The molecular formula is C24H33BN2O. The standard InChI is InChI=1S/C24H33BN2O/c1-5-19-14-10-16-27(19)24(3,4)22(18-12-7-6-8-13-18)26-23(28)21-17(2)11-9-15-20(21)25/h6-9,11-13,15,19,22H,5,10,14,16,25H2,1-4H3,(H,26,28). The SMILES string of the molecule is Bc1cccc(C)c1C(=O)NC(c1ccccc1)C(C)(C)N1CCCC1CC. The maximum atomic E-state index is 13.4. The Balaban J connectivity index is 1.97. The van der Waals surface area contributed by atoms with Crippen molar-refractivity contribution in [2.24, 2.45) is 0 Å². The number of carbonyl (C=O) groups is 1. The van der Waals surface area contributed by atoms with Crippen molar-refractivity contribution in [1.29, 1.82) is 0 Å². The van der Waals surface area contributed by atoms with Crippen molar-refractivity contribution in [3.8, 4) is 0 Å². The molecule has 1 aliphatic heterocycles. The minimum atomic E-state index is -0.176. The lowest BCUT2D eigenvalue weighted by atomic mass is 9.84. The Labute approximate surface area is 170 Å². The average Bonchev–Trinajstić information content (AvgIpc) is 3.16. The molecule has 1 N–H and O–H groups in total. The summed E-state index contributed by atoms with van der Waals surface area (Å²) >= 11 is 0. The second kappa shape index (κ2) is 8.52. The van der Waals surface area contributed by atoms with Gasteiger partial charge in [-0.05, 0) is 57.7 Å². The number of nitrogens with zero attached hydrogens (tertiary/aromatic N) is 1. The predicted molar refractivity (Wildman–Crippen MR) is 120 cm³/mol. The average molecular weight is 376 g/mol. The van der Waals surface area contributed by atoms with Crippen LogP contribution in [0.4, 0.5) is 0 Å². The van der Waals surface area contributed by atoms with E-state index in [4.69, 9.17) is 0 Å². The Morgan fingerprint density at radius 1 is 1.21 bits per heavy atom. The van der Waals surface area contributed by atoms with Crippen molar-refractivity contribution in [2.75, 3.05) is 6.54 Å². The van der Waals surface area contributed by atoms with Gasteiger partial charge in [-0.1, -0.05) is 60.9 Å². The highest BCUT2D eigenvalue weighted by molar-refractivity contribution is 6.36. The molecular weight excluding hydrogens is 343 g/mol. The third kappa shape index (κ3) is 4.02. The Morgan fingerprint density at radius 2 is 1.93 bits per heavy atom. The van der Waals surface area contributed by atoms with Gasteiger partial charge in [0, 0.05) is 17.1 Å². The molecule has 2 aromatic rings. The van der Waals surface area contributed by atoms with Gasteiger partial charge in [0.2, 0.25) is 0 Å². The maximum Gasteiger partial charge on any atom is 0.251 e. The van der Waals surface area contributed by atoms with Gasteiger partial charge in [0.15, 0.2) is 0 Å². The van der Waals surface area contributed by atoms with Crippen LogP contribution in [-0.4, -0.2) is 36.8 Å². The van der Waals surface area contributed by atoms with Crippen LogP contribution in [0.5, 0.6) is 0 Å². The van der Waals surface area contributed by atoms with Gasteiger partial charge in [0.05, 0.1) is 6.04 Å². The van der Waals surface area contributed by atoms with Crippen LogP contribution in [0.2, 0.25) is 0 Å². The number of benzene rings is 2. The van der Waals surface area contributed by atoms with E-state index in [1.165, 1.54) is 12.8 Å². The zero-order valence-corrected chi connectivity index (χ0v) is 18.0. The van der Waals surface area contributed by atoms with E-state index in [9.17, 15) is 4.79 Å². The van der Waals surface area contributed by atoms with Crippen LogP contribution < -0.4 is 10.8 Å². The molecule has 0 spiro atoms. The molecule has 1 aliphatic rings. The first kappa shape index (κ1) is 20.7. The van der Waals surface area contributed by atoms with Crippen LogP contribution in [0.15, 0.2) is 48.5 Å². The van der Waals surface area contributed by atoms with Crippen LogP contribution in [0, 0.1) is 6.92 Å². The molecule has 1 heterocycles. The zero-order chi connectivity index (χ0) is 20.3. The van der Waals surface area contributed by atoms with Gasteiger partial charge in [0.1, 0.15) is 7.85 Å². The van der Waals surface area contributed by atoms with E-state index >= 15 is 0 Å². The van der Waals surface area contributed by atoms with E-state index in [1.54, 1.807) is 0 Å². The second-order valence-electron chi connectivity index (χ2n) is 8.64. The Hall–Kier alpha value is -2.07. The monoisotopic (exact) mass is 376 g/mol. The number of carbonyl (C=O) groups excluding carboxylic acids is 1. The van der Waals surface area contributed by atoms with Crippen molar-refractivity contribution < 1.29 is 4.79 Å². The van der Waals surface area contributed by atoms with Crippen molar-refractivity contribution in [3.05, 3.63) is 65.2 Å². The molecule has 1 saturated heterocycles. The first-order valence-corrected chi connectivity index (χ1v) is 10.5. The summed E-state index contributed by atoms with van der Waals surface area (Å²) in [7, 11) is 2.01. The molecule has 0 radical (unpaired) electrons. The number of hydrogen-bond acceptors (Lipinski definition) is 2. The number of aryl methyl sites for hydroxylation is 1. The summed E-state index contributed by atoms with van der Waals surface area (Å²) in [5.41, 5.74) is 3.83. The van der Waals surface area contributed by atoms with E-state index < -0.39 is 0 Å². The minimum absolute atomic E-state index is 0.0183. The van der Waals surface area contributed by atoms with Gasteiger partial charge in [-0.15, -0.1) is 0 Å². The molecule has 0 aliphatic carbocycles. The minimum Gasteiger partial charge on any atom is -0.343 e. The molecule has 2 unspecified atom stereocenters. The van der Waals surface area contributed by atoms with Gasteiger partial charge in [-0.2, -0.15) is 0 Å². The summed E-state index contributed by atoms with van der Waals surface area (Å²) < 4.78 is 0. The summed E-state index contributed by atoms with van der Waals surface area (Å²) in [6.45, 7) is 9.94. The van der Waals surface area contributed by atoms with E-state index in [-0.39, 0.29) is 17.5 Å². The highest BCUT2D eigenvalue weighted by atomic mass is 16.1. The van der Waals surface area contributed by atoms with Crippen molar-refractivity contribution >= 4 is 19.2 Å². The highest BCUT2D eigenvalue weighted by Gasteiger charge is 2.42. The molecule has 1 amide bonds. The van der Waals surface area contributed by atoms with Crippen LogP contribution in [0.25, 0.3) is 0 Å². The summed E-state index contributed by atoms with van der Waals surface area (Å²) in [5.74, 6) is 0.0183. The van der Waals surface area contributed by atoms with Gasteiger partial charge in [-0.3, -0.25) is 9.69 Å². The van der Waals surface area contributed by atoms with E-state index in [2.05, 4.69) is 55.3 Å². The fourth-order valence-corrected chi connectivity index (χ4v) is 4.87. The Bertz CT molecular complexity index is 798. The smallest absolute Gasteiger partial charge is 0.251 e. The van der Waals surface area contributed by atoms with Gasteiger partial charge in [0.25, 0.3) is 5.91 Å². The fraction of sp³-hybridized carbons (Fsp3) is 0.458. The third-order valence-electron chi connectivity index (χ3n) is 6.41. The molecule has 28 heavy (non-hydrogen) atoms. The van der Waals surface area contributed by atoms with Crippen LogP contribution in [0.3, 0.4) is 0 Å². The Morgan fingerprint density at radius 3 is 2.57 bits per heavy atom. The largest absolute Gasteiger partial charge is 0.343 e. The van der Waals surface area contributed by atoms with Crippen LogP contribution >= 0.6 is 0 Å². The number of rotatable bonds is 6. The first-order chi connectivity index (χ1) is 13.4. The Kier molecular flexibility index (Phi) is 6.29. The molecule has 4 heteroatoms. The summed E-state index contributed by atoms with van der Waals surface area (Å²) in [6.07, 6.45) is 3.62. The molecule has 2 aromatic carbocycles. The van der Waals surface area contributed by atoms with Crippen LogP contribution in [-0.2, 0) is 0 Å². The number of amides is 1. The van der Waals surface area contributed by atoms with Gasteiger partial charge < -0.3 is 5.32 Å². The highest BCUT2D eigenvalue weighted by Crippen LogP contribution is 2.37. The molecule has 0 bridgehead atoms. The van der Waals surface area contributed by atoms with Crippen molar-refractivity contribution in [3.63, 3.8) is 0 Å². The van der Waals surface area contributed by atoms with E-state index in [1.807, 2.05) is 39.0 Å². The lowest BCUT2D eigenvalue weighted by Gasteiger charge is -2.45. The van der Waals surface area contributed by atoms with Gasteiger partial charge >= 0.3 is 0 Å². The quantitative estimate of drug-likeness (QED) is 0.784. The molecule has 1 fully saturated rings. The van der Waals surface area contributed by atoms with E-state index in [0.717, 1.165) is 35.1 Å². The lowest BCUT2D eigenvalue weighted by Crippen LogP contribution is -2.55. The maximum absolute atomic E-state index is 13.4. The topological polar surface area (TPSA) is 32.3 Å². The number of likely N-dealkylation sites (tertiary alicyclic amines) is 1. The molecule has 3 rings (SSSR count). The zero-order valence-electron chi connectivity index (χ0n) is 18.0.